The van der Waals surface area contributed by atoms with Gasteiger partial charge in [0, 0.05) is 19.8 Å². The third-order valence-corrected chi connectivity index (χ3v) is 4.28. The third kappa shape index (κ3) is 4.25. The molecule has 1 amide bonds. The van der Waals surface area contributed by atoms with Gasteiger partial charge in [0.2, 0.25) is 5.91 Å². The summed E-state index contributed by atoms with van der Waals surface area (Å²) in [5, 5.41) is 3.11. The molecule has 3 N–H and O–H groups in total. The average molecular weight is 256 g/mol. The van der Waals surface area contributed by atoms with Crippen LogP contribution in [0.15, 0.2) is 0 Å². The highest BCUT2D eigenvalue weighted by Crippen LogP contribution is 2.33. The molecule has 0 aromatic heterocycles. The Bertz CT molecular complexity index is 258. The topological polar surface area (TPSA) is 64.4 Å². The van der Waals surface area contributed by atoms with Crippen molar-refractivity contribution in [1.82, 2.24) is 5.32 Å². The van der Waals surface area contributed by atoms with Gasteiger partial charge < -0.3 is 15.8 Å². The Morgan fingerprint density at radius 3 is 2.78 bits per heavy atom. The third-order valence-electron chi connectivity index (χ3n) is 4.28. The summed E-state index contributed by atoms with van der Waals surface area (Å²) in [5.74, 6) is 1.32. The number of rotatable bonds is 7. The molecule has 0 aromatic carbocycles. The lowest BCUT2D eigenvalue weighted by Gasteiger charge is -2.22. The molecule has 0 bridgehead atoms. The predicted molar refractivity (Wildman–Crippen MR) is 73.2 cm³/mol. The average Bonchev–Trinajstić information content (AvgIpc) is 2.70. The van der Waals surface area contributed by atoms with Gasteiger partial charge in [-0.25, -0.2) is 0 Å². The molecular formula is C14H28N2O2. The molecule has 0 saturated heterocycles. The fraction of sp³-hybridized carbons (Fsp3) is 0.929. The van der Waals surface area contributed by atoms with Gasteiger partial charge in [0.25, 0.3) is 0 Å². The molecule has 18 heavy (non-hydrogen) atoms. The molecule has 0 aromatic rings. The minimum absolute atomic E-state index is 0.000272. The lowest BCUT2D eigenvalue weighted by molar-refractivity contribution is -0.123. The molecule has 1 saturated carbocycles. The normalized spacial score (nSPS) is 29.2. The predicted octanol–water partition coefficient (Wildman–Crippen LogP) is 1.68. The highest BCUT2D eigenvalue weighted by molar-refractivity contribution is 5.81. The van der Waals surface area contributed by atoms with Crippen molar-refractivity contribution in [3.63, 3.8) is 0 Å². The van der Waals surface area contributed by atoms with Crippen molar-refractivity contribution in [2.75, 3.05) is 13.7 Å². The summed E-state index contributed by atoms with van der Waals surface area (Å²) in [7, 11) is 1.66. The molecule has 4 heteroatoms. The molecule has 1 aliphatic carbocycles. The second-order valence-corrected chi connectivity index (χ2v) is 5.46. The Morgan fingerprint density at radius 1 is 1.50 bits per heavy atom. The van der Waals surface area contributed by atoms with E-state index >= 15 is 0 Å². The Kier molecular flexibility index (Phi) is 6.65. The van der Waals surface area contributed by atoms with Gasteiger partial charge in [-0.2, -0.15) is 0 Å². The van der Waals surface area contributed by atoms with Crippen molar-refractivity contribution in [3.8, 4) is 0 Å². The fourth-order valence-corrected chi connectivity index (χ4v) is 2.90. The summed E-state index contributed by atoms with van der Waals surface area (Å²) in [5.41, 5.74) is 5.88. The zero-order chi connectivity index (χ0) is 13.5. The van der Waals surface area contributed by atoms with Gasteiger partial charge in [0.15, 0.2) is 0 Å². The highest BCUT2D eigenvalue weighted by Gasteiger charge is 2.33. The first-order valence-corrected chi connectivity index (χ1v) is 7.15. The van der Waals surface area contributed by atoms with Crippen molar-refractivity contribution in [2.24, 2.45) is 17.6 Å². The smallest absolute Gasteiger partial charge is 0.237 e. The van der Waals surface area contributed by atoms with Crippen LogP contribution in [0.25, 0.3) is 0 Å². The van der Waals surface area contributed by atoms with E-state index in [1.165, 1.54) is 12.8 Å². The summed E-state index contributed by atoms with van der Waals surface area (Å²) >= 11 is 0. The van der Waals surface area contributed by atoms with Crippen molar-refractivity contribution in [3.05, 3.63) is 0 Å². The number of nitrogens with two attached hydrogens (primary N) is 1. The Labute approximate surface area is 111 Å². The SMILES string of the molecule is CCC1CCC(NC(=O)C(N)CCCOC)C1C. The van der Waals surface area contributed by atoms with E-state index in [-0.39, 0.29) is 5.91 Å². The molecule has 4 unspecified atom stereocenters. The van der Waals surface area contributed by atoms with Gasteiger partial charge in [-0.3, -0.25) is 4.79 Å². The number of methoxy groups -OCH3 is 1. The van der Waals surface area contributed by atoms with E-state index < -0.39 is 6.04 Å². The van der Waals surface area contributed by atoms with Crippen LogP contribution in [0.2, 0.25) is 0 Å². The van der Waals surface area contributed by atoms with Crippen molar-refractivity contribution in [2.45, 2.75) is 58.0 Å². The van der Waals surface area contributed by atoms with Crippen molar-refractivity contribution in [1.29, 1.82) is 0 Å². The summed E-state index contributed by atoms with van der Waals surface area (Å²) in [4.78, 5) is 12.0. The molecule has 1 aliphatic rings. The summed E-state index contributed by atoms with van der Waals surface area (Å²) in [6, 6.07) is -0.0797. The van der Waals surface area contributed by atoms with Crippen LogP contribution in [0.1, 0.15) is 46.0 Å². The molecule has 1 fully saturated rings. The number of amides is 1. The lowest BCUT2D eigenvalue weighted by Crippen LogP contribution is -2.46. The maximum absolute atomic E-state index is 12.0. The van der Waals surface area contributed by atoms with Gasteiger partial charge in [-0.15, -0.1) is 0 Å². The monoisotopic (exact) mass is 256 g/mol. The number of carbonyl (C=O) groups is 1. The molecule has 0 spiro atoms. The summed E-state index contributed by atoms with van der Waals surface area (Å²) in [6.07, 6.45) is 5.05. The maximum Gasteiger partial charge on any atom is 0.237 e. The second kappa shape index (κ2) is 7.74. The quantitative estimate of drug-likeness (QED) is 0.681. The Balaban J connectivity index is 2.31. The number of nitrogens with one attached hydrogen (secondary N) is 1. The van der Waals surface area contributed by atoms with E-state index in [1.54, 1.807) is 7.11 Å². The van der Waals surface area contributed by atoms with Crippen LogP contribution in [0.3, 0.4) is 0 Å². The van der Waals surface area contributed by atoms with Gasteiger partial charge in [-0.05, 0) is 37.5 Å². The Hall–Kier alpha value is -0.610. The van der Waals surface area contributed by atoms with E-state index in [4.69, 9.17) is 10.5 Å². The first kappa shape index (κ1) is 15.4. The van der Waals surface area contributed by atoms with Gasteiger partial charge in [-0.1, -0.05) is 20.3 Å². The molecule has 0 heterocycles. The van der Waals surface area contributed by atoms with E-state index in [2.05, 4.69) is 19.2 Å². The molecule has 4 atom stereocenters. The minimum atomic E-state index is -0.395. The standard InChI is InChI=1S/C14H28N2O2/c1-4-11-7-8-13(10(11)2)16-14(17)12(15)6-5-9-18-3/h10-13H,4-9,15H2,1-3H3,(H,16,17). The second-order valence-electron chi connectivity index (χ2n) is 5.46. The van der Waals surface area contributed by atoms with Crippen molar-refractivity contribution < 1.29 is 9.53 Å². The Morgan fingerprint density at radius 2 is 2.22 bits per heavy atom. The van der Waals surface area contributed by atoms with E-state index in [0.29, 0.717) is 25.0 Å². The van der Waals surface area contributed by atoms with Gasteiger partial charge >= 0.3 is 0 Å². The molecule has 4 nitrogen and oxygen atoms in total. The van der Waals surface area contributed by atoms with Crippen LogP contribution in [-0.2, 0) is 9.53 Å². The van der Waals surface area contributed by atoms with Crippen LogP contribution < -0.4 is 11.1 Å². The van der Waals surface area contributed by atoms with Crippen LogP contribution >= 0.6 is 0 Å². The molecule has 0 radical (unpaired) electrons. The van der Waals surface area contributed by atoms with Crippen LogP contribution in [0.4, 0.5) is 0 Å². The minimum Gasteiger partial charge on any atom is -0.385 e. The molecular weight excluding hydrogens is 228 g/mol. The van der Waals surface area contributed by atoms with E-state index in [0.717, 1.165) is 18.8 Å². The fourth-order valence-electron chi connectivity index (χ4n) is 2.90. The van der Waals surface area contributed by atoms with Crippen molar-refractivity contribution >= 4 is 5.91 Å². The van der Waals surface area contributed by atoms with Crippen LogP contribution in [0, 0.1) is 11.8 Å². The van der Waals surface area contributed by atoms with Gasteiger partial charge in [0.1, 0.15) is 0 Å². The first-order valence-electron chi connectivity index (χ1n) is 7.15. The van der Waals surface area contributed by atoms with E-state index in [9.17, 15) is 4.79 Å². The summed E-state index contributed by atoms with van der Waals surface area (Å²) < 4.78 is 4.96. The first-order chi connectivity index (χ1) is 8.60. The highest BCUT2D eigenvalue weighted by atomic mass is 16.5. The van der Waals surface area contributed by atoms with Crippen LogP contribution in [0.5, 0.6) is 0 Å². The van der Waals surface area contributed by atoms with E-state index in [1.807, 2.05) is 0 Å². The summed E-state index contributed by atoms with van der Waals surface area (Å²) in [6.45, 7) is 5.13. The number of hydrogen-bond donors (Lipinski definition) is 2. The molecule has 0 aliphatic heterocycles. The number of hydrogen-bond acceptors (Lipinski definition) is 3. The molecule has 106 valence electrons. The lowest BCUT2D eigenvalue weighted by atomic mass is 9.93. The van der Waals surface area contributed by atoms with Gasteiger partial charge in [0.05, 0.1) is 6.04 Å². The number of ether oxygens (including phenoxy) is 1. The molecule has 1 rings (SSSR count). The largest absolute Gasteiger partial charge is 0.385 e. The number of carbonyl (C=O) groups excluding carboxylic acids is 1. The zero-order valence-corrected chi connectivity index (χ0v) is 11.9. The zero-order valence-electron chi connectivity index (χ0n) is 11.9. The maximum atomic E-state index is 12.0. The van der Waals surface area contributed by atoms with Crippen LogP contribution in [-0.4, -0.2) is 31.7 Å².